The molecule has 5 nitrogen and oxygen atoms in total. The van der Waals surface area contributed by atoms with E-state index in [9.17, 15) is 9.59 Å². The molecule has 1 rings (SSSR count). The van der Waals surface area contributed by atoms with Crippen LogP contribution < -0.4 is 0 Å². The van der Waals surface area contributed by atoms with Crippen LogP contribution in [0.1, 0.15) is 33.6 Å². The lowest BCUT2D eigenvalue weighted by atomic mass is 9.98. The third-order valence-corrected chi connectivity index (χ3v) is 2.88. The first kappa shape index (κ1) is 16.8. The first-order valence-electron chi connectivity index (χ1n) is 6.78. The first-order chi connectivity index (χ1) is 10.00. The summed E-state index contributed by atoms with van der Waals surface area (Å²) in [6.07, 6.45) is 2.52. The Morgan fingerprint density at radius 3 is 2.81 bits per heavy atom. The van der Waals surface area contributed by atoms with Gasteiger partial charge in [0.25, 0.3) is 0 Å². The lowest BCUT2D eigenvalue weighted by molar-refractivity contribution is -0.150. The number of carbonyl (C=O) groups excluding carboxylic acids is 2. The molecule has 0 fully saturated rings. The lowest BCUT2D eigenvalue weighted by Gasteiger charge is -2.24. The van der Waals surface area contributed by atoms with Crippen LogP contribution in [0.3, 0.4) is 0 Å². The number of carbonyl (C=O) groups is 2. The number of hydrogen-bond donors (Lipinski definition) is 0. The van der Waals surface area contributed by atoms with Gasteiger partial charge < -0.3 is 14.2 Å². The van der Waals surface area contributed by atoms with Gasteiger partial charge >= 0.3 is 11.9 Å². The second-order valence-electron chi connectivity index (χ2n) is 4.57. The smallest absolute Gasteiger partial charge is 0.350 e. The summed E-state index contributed by atoms with van der Waals surface area (Å²) >= 11 is 0. The van der Waals surface area contributed by atoms with E-state index < -0.39 is 17.5 Å². The molecule has 0 unspecified atom stereocenters. The van der Waals surface area contributed by atoms with E-state index in [1.54, 1.807) is 26.8 Å². The summed E-state index contributed by atoms with van der Waals surface area (Å²) in [7, 11) is 0. The molecule has 0 saturated carbocycles. The molecule has 0 bridgehead atoms. The van der Waals surface area contributed by atoms with Crippen molar-refractivity contribution in [1.82, 2.24) is 0 Å². The summed E-state index contributed by atoms with van der Waals surface area (Å²) in [5.41, 5.74) is -1.25. The Kier molecular flexibility index (Phi) is 6.04. The molecule has 0 aromatic carbocycles. The van der Waals surface area contributed by atoms with Crippen LogP contribution in [0, 0.1) is 11.8 Å². The molecular weight excluding hydrogens is 272 g/mol. The third-order valence-electron chi connectivity index (χ3n) is 2.88. The van der Waals surface area contributed by atoms with Crippen LogP contribution in [0.4, 0.5) is 0 Å². The van der Waals surface area contributed by atoms with Gasteiger partial charge in [-0.2, -0.15) is 0 Å². The maximum atomic E-state index is 12.0. The van der Waals surface area contributed by atoms with Crippen LogP contribution in [-0.4, -0.2) is 30.8 Å². The number of ether oxygens (including phenoxy) is 3. The Morgan fingerprint density at radius 2 is 2.24 bits per heavy atom. The Bertz CT molecular complexity index is 521. The van der Waals surface area contributed by atoms with Crippen molar-refractivity contribution in [3.63, 3.8) is 0 Å². The molecule has 1 aliphatic heterocycles. The predicted octanol–water partition coefficient (Wildman–Crippen LogP) is 2.13. The number of rotatable bonds is 7. The number of hydrogen-bond acceptors (Lipinski definition) is 5. The van der Waals surface area contributed by atoms with E-state index >= 15 is 0 Å². The van der Waals surface area contributed by atoms with Crippen molar-refractivity contribution in [3.8, 4) is 11.8 Å². The van der Waals surface area contributed by atoms with E-state index in [1.807, 2.05) is 0 Å². The summed E-state index contributed by atoms with van der Waals surface area (Å²) in [6, 6.07) is 0. The maximum absolute atomic E-state index is 12.0. The summed E-state index contributed by atoms with van der Waals surface area (Å²) in [4.78, 5) is 23.9. The van der Waals surface area contributed by atoms with Gasteiger partial charge in [0.2, 0.25) is 0 Å². The normalized spacial score (nSPS) is 20.4. The molecular formula is C16H20O5. The third kappa shape index (κ3) is 3.88. The lowest BCUT2D eigenvalue weighted by Crippen LogP contribution is -2.29. The molecule has 1 aliphatic rings. The summed E-state index contributed by atoms with van der Waals surface area (Å²) in [6.45, 7) is 9.09. The minimum atomic E-state index is -1.07. The molecule has 0 spiro atoms. The van der Waals surface area contributed by atoms with E-state index in [2.05, 4.69) is 18.4 Å². The molecule has 1 atom stereocenters. The molecule has 0 aromatic heterocycles. The van der Waals surface area contributed by atoms with Gasteiger partial charge in [0.05, 0.1) is 19.6 Å². The zero-order valence-corrected chi connectivity index (χ0v) is 12.7. The van der Waals surface area contributed by atoms with Crippen molar-refractivity contribution < 1.29 is 23.8 Å². The molecule has 1 heterocycles. The van der Waals surface area contributed by atoms with Crippen LogP contribution in [0.15, 0.2) is 24.0 Å². The standard InChI is InChI=1S/C16H20O5/c1-5-8-10-16(4)13(20-11-9-6-2)12(15(18)21-16)14(17)19-7-3/h6H,2,7,9-11H2,1,3-4H3/t16-/m1/s1. The van der Waals surface area contributed by atoms with Crippen molar-refractivity contribution in [2.75, 3.05) is 13.2 Å². The molecule has 114 valence electrons. The Morgan fingerprint density at radius 1 is 1.52 bits per heavy atom. The van der Waals surface area contributed by atoms with Crippen LogP contribution in [0.5, 0.6) is 0 Å². The average Bonchev–Trinajstić information content (AvgIpc) is 2.69. The minimum absolute atomic E-state index is 0.168. The summed E-state index contributed by atoms with van der Waals surface area (Å²) in [5.74, 6) is 4.31. The maximum Gasteiger partial charge on any atom is 0.350 e. The van der Waals surface area contributed by atoms with Gasteiger partial charge in [-0.05, 0) is 27.2 Å². The molecule has 0 saturated heterocycles. The Hall–Kier alpha value is -2.22. The summed E-state index contributed by atoms with van der Waals surface area (Å²) < 4.78 is 15.8. The van der Waals surface area contributed by atoms with Gasteiger partial charge in [-0.25, -0.2) is 9.59 Å². The molecule has 0 N–H and O–H groups in total. The van der Waals surface area contributed by atoms with Crippen LogP contribution in [-0.2, 0) is 23.8 Å². The highest BCUT2D eigenvalue weighted by molar-refractivity contribution is 6.16. The zero-order chi connectivity index (χ0) is 15.9. The number of esters is 2. The predicted molar refractivity (Wildman–Crippen MR) is 77.0 cm³/mol. The van der Waals surface area contributed by atoms with E-state index in [0.29, 0.717) is 13.0 Å². The molecule has 0 aromatic rings. The van der Waals surface area contributed by atoms with Crippen LogP contribution in [0.25, 0.3) is 0 Å². The average molecular weight is 292 g/mol. The van der Waals surface area contributed by atoms with Crippen molar-refractivity contribution in [2.24, 2.45) is 0 Å². The van der Waals surface area contributed by atoms with E-state index in [-0.39, 0.29) is 24.4 Å². The van der Waals surface area contributed by atoms with E-state index in [1.165, 1.54) is 0 Å². The topological polar surface area (TPSA) is 61.8 Å². The minimum Gasteiger partial charge on any atom is -0.492 e. The van der Waals surface area contributed by atoms with E-state index in [0.717, 1.165) is 0 Å². The van der Waals surface area contributed by atoms with Gasteiger partial charge in [0, 0.05) is 0 Å². The summed E-state index contributed by atoms with van der Waals surface area (Å²) in [5, 5.41) is 0. The highest BCUT2D eigenvalue weighted by atomic mass is 16.6. The van der Waals surface area contributed by atoms with Gasteiger partial charge in [-0.15, -0.1) is 12.5 Å². The van der Waals surface area contributed by atoms with Gasteiger partial charge in [0.15, 0.2) is 16.9 Å². The van der Waals surface area contributed by atoms with Gasteiger partial charge in [-0.1, -0.05) is 12.0 Å². The zero-order valence-electron chi connectivity index (χ0n) is 12.7. The van der Waals surface area contributed by atoms with Crippen LogP contribution in [0.2, 0.25) is 0 Å². The highest BCUT2D eigenvalue weighted by Gasteiger charge is 2.48. The molecule has 5 heteroatoms. The Balaban J connectivity index is 3.15. The monoisotopic (exact) mass is 292 g/mol. The molecule has 0 amide bonds. The largest absolute Gasteiger partial charge is 0.492 e. The second kappa shape index (κ2) is 7.53. The number of cyclic esters (lactones) is 1. The van der Waals surface area contributed by atoms with Crippen molar-refractivity contribution in [1.29, 1.82) is 0 Å². The molecule has 0 aliphatic carbocycles. The fourth-order valence-corrected chi connectivity index (χ4v) is 1.88. The SMILES string of the molecule is C=CCCOC1=C(C(=O)OCC)C(=O)O[C@]1(C)CC#CC. The quantitative estimate of drug-likeness (QED) is 0.236. The second-order valence-corrected chi connectivity index (χ2v) is 4.57. The van der Waals surface area contributed by atoms with Gasteiger partial charge in [0.1, 0.15) is 0 Å². The molecule has 21 heavy (non-hydrogen) atoms. The fraction of sp³-hybridized carbons (Fsp3) is 0.500. The van der Waals surface area contributed by atoms with Crippen molar-refractivity contribution in [3.05, 3.63) is 24.0 Å². The fourth-order valence-electron chi connectivity index (χ4n) is 1.88. The van der Waals surface area contributed by atoms with Crippen molar-refractivity contribution in [2.45, 2.75) is 39.2 Å². The first-order valence-corrected chi connectivity index (χ1v) is 6.78. The van der Waals surface area contributed by atoms with Gasteiger partial charge in [-0.3, -0.25) is 0 Å². The van der Waals surface area contributed by atoms with E-state index in [4.69, 9.17) is 14.2 Å². The van der Waals surface area contributed by atoms with Crippen LogP contribution >= 0.6 is 0 Å². The Labute approximate surface area is 124 Å². The molecule has 0 radical (unpaired) electrons. The van der Waals surface area contributed by atoms with Crippen molar-refractivity contribution >= 4 is 11.9 Å². The highest BCUT2D eigenvalue weighted by Crippen LogP contribution is 2.36.